The first kappa shape index (κ1) is 31.0. The van der Waals surface area contributed by atoms with Gasteiger partial charge in [-0.05, 0) is 121 Å². The van der Waals surface area contributed by atoms with Crippen molar-refractivity contribution in [1.29, 1.82) is 0 Å². The van der Waals surface area contributed by atoms with Gasteiger partial charge in [0.25, 0.3) is 0 Å². The fourth-order valence-electron chi connectivity index (χ4n) is 7.02. The van der Waals surface area contributed by atoms with E-state index in [9.17, 15) is 9.90 Å². The van der Waals surface area contributed by atoms with Crippen molar-refractivity contribution < 1.29 is 9.90 Å². The molecule has 0 spiro atoms. The van der Waals surface area contributed by atoms with Crippen LogP contribution in [0.25, 0.3) is 0 Å². The van der Waals surface area contributed by atoms with Crippen molar-refractivity contribution in [3.05, 3.63) is 34.6 Å². The molecule has 1 aliphatic heterocycles. The average Bonchev–Trinajstić information content (AvgIpc) is 2.99. The molecule has 1 N–H and O–H groups in total. The Hall–Kier alpha value is -1.55. The Bertz CT molecular complexity index is 862. The predicted molar refractivity (Wildman–Crippen MR) is 160 cm³/mol. The molecule has 4 nitrogen and oxygen atoms in total. The van der Waals surface area contributed by atoms with E-state index in [-0.39, 0.29) is 11.9 Å². The second kappa shape index (κ2) is 14.7. The molecule has 3 aliphatic rings. The first-order valence-electron chi connectivity index (χ1n) is 16.0. The number of amides is 1. The summed E-state index contributed by atoms with van der Waals surface area (Å²) in [5.74, 6) is 1.81. The highest BCUT2D eigenvalue weighted by atomic mass is 16.3. The number of hydrogen-bond acceptors (Lipinski definition) is 3. The van der Waals surface area contributed by atoms with Gasteiger partial charge in [0.15, 0.2) is 0 Å². The summed E-state index contributed by atoms with van der Waals surface area (Å²) in [5.41, 5.74) is 5.40. The third-order valence-corrected chi connectivity index (χ3v) is 9.42. The van der Waals surface area contributed by atoms with Crippen LogP contribution in [0.1, 0.15) is 144 Å². The fraction of sp³-hybridized carbons (Fsp3) is 0.794. The first-order chi connectivity index (χ1) is 18.1. The molecule has 1 fully saturated rings. The van der Waals surface area contributed by atoms with E-state index in [1.54, 1.807) is 11.1 Å². The van der Waals surface area contributed by atoms with Gasteiger partial charge in [0.2, 0.25) is 5.91 Å². The monoisotopic (exact) mass is 526 g/mol. The topological polar surface area (TPSA) is 43.8 Å². The molecule has 0 aromatic carbocycles. The molecule has 2 aliphatic carbocycles. The number of nitrogens with zero attached hydrogens (tertiary/aromatic N) is 2. The van der Waals surface area contributed by atoms with Crippen molar-refractivity contribution in [1.82, 2.24) is 10.0 Å². The molecule has 2 unspecified atom stereocenters. The van der Waals surface area contributed by atoms with Crippen molar-refractivity contribution in [2.75, 3.05) is 6.54 Å². The van der Waals surface area contributed by atoms with Gasteiger partial charge < -0.3 is 5.11 Å². The van der Waals surface area contributed by atoms with E-state index in [1.807, 2.05) is 13.8 Å². The quantitative estimate of drug-likeness (QED) is 0.305. The summed E-state index contributed by atoms with van der Waals surface area (Å²) in [6.45, 7) is 13.5. The zero-order valence-corrected chi connectivity index (χ0v) is 25.7. The molecule has 4 heteroatoms. The van der Waals surface area contributed by atoms with Crippen LogP contribution < -0.4 is 0 Å². The highest BCUT2D eigenvalue weighted by Crippen LogP contribution is 2.39. The third-order valence-electron chi connectivity index (χ3n) is 9.42. The number of rotatable bonds is 9. The lowest BCUT2D eigenvalue weighted by atomic mass is 9.82. The summed E-state index contributed by atoms with van der Waals surface area (Å²) in [6.07, 6.45) is 23.3. The maximum Gasteiger partial charge on any atom is 0.241 e. The van der Waals surface area contributed by atoms with Gasteiger partial charge in [0.1, 0.15) is 0 Å². The van der Waals surface area contributed by atoms with Crippen LogP contribution in [0.2, 0.25) is 0 Å². The molecule has 1 saturated carbocycles. The van der Waals surface area contributed by atoms with Gasteiger partial charge in [0, 0.05) is 12.1 Å². The van der Waals surface area contributed by atoms with Gasteiger partial charge in [-0.25, -0.2) is 5.01 Å². The van der Waals surface area contributed by atoms with Crippen LogP contribution >= 0.6 is 0 Å². The molecule has 0 aromatic heterocycles. The van der Waals surface area contributed by atoms with E-state index in [0.29, 0.717) is 6.42 Å². The highest BCUT2D eigenvalue weighted by molar-refractivity contribution is 5.76. The molecule has 216 valence electrons. The third kappa shape index (κ3) is 8.73. The first-order valence-corrected chi connectivity index (χ1v) is 16.0. The molecule has 0 saturated heterocycles. The van der Waals surface area contributed by atoms with Gasteiger partial charge in [-0.2, -0.15) is 0 Å². The SMILES string of the molecule is C/C=C(\C)N1[C@@H](/C=C2\CCCCC(C(C)CCCC(C)(C)O)CCC2)C2=C(CCCC2)CN1C(=O)CCC. The van der Waals surface area contributed by atoms with Crippen LogP contribution in [0.5, 0.6) is 0 Å². The van der Waals surface area contributed by atoms with Crippen molar-refractivity contribution >= 4 is 5.91 Å². The van der Waals surface area contributed by atoms with Crippen LogP contribution in [0.15, 0.2) is 34.6 Å². The minimum absolute atomic E-state index is 0.198. The zero-order valence-electron chi connectivity index (χ0n) is 25.7. The summed E-state index contributed by atoms with van der Waals surface area (Å²) in [4.78, 5) is 13.3. The number of carbonyl (C=O) groups is 1. The van der Waals surface area contributed by atoms with E-state index >= 15 is 0 Å². The normalized spacial score (nSPS) is 26.1. The molecular weight excluding hydrogens is 468 g/mol. The molecule has 0 radical (unpaired) electrons. The van der Waals surface area contributed by atoms with Crippen LogP contribution in [0.3, 0.4) is 0 Å². The minimum Gasteiger partial charge on any atom is -0.390 e. The van der Waals surface area contributed by atoms with Crippen LogP contribution in [-0.4, -0.2) is 39.2 Å². The molecule has 0 aromatic rings. The Kier molecular flexibility index (Phi) is 12.0. The molecule has 1 heterocycles. The van der Waals surface area contributed by atoms with Crippen molar-refractivity contribution in [2.24, 2.45) is 11.8 Å². The fourth-order valence-corrected chi connectivity index (χ4v) is 7.02. The minimum atomic E-state index is -0.541. The van der Waals surface area contributed by atoms with Gasteiger partial charge in [-0.3, -0.25) is 9.80 Å². The van der Waals surface area contributed by atoms with Crippen molar-refractivity contribution in [3.63, 3.8) is 0 Å². The predicted octanol–water partition coefficient (Wildman–Crippen LogP) is 8.87. The van der Waals surface area contributed by atoms with E-state index in [1.165, 1.54) is 81.9 Å². The Morgan fingerprint density at radius 1 is 1.08 bits per heavy atom. The zero-order chi connectivity index (χ0) is 27.7. The maximum atomic E-state index is 13.3. The summed E-state index contributed by atoms with van der Waals surface area (Å²) >= 11 is 0. The smallest absolute Gasteiger partial charge is 0.241 e. The van der Waals surface area contributed by atoms with Gasteiger partial charge in [-0.15, -0.1) is 0 Å². The van der Waals surface area contributed by atoms with E-state index in [0.717, 1.165) is 44.1 Å². The van der Waals surface area contributed by atoms with Crippen LogP contribution in [-0.2, 0) is 4.79 Å². The Morgan fingerprint density at radius 2 is 1.76 bits per heavy atom. The summed E-state index contributed by atoms with van der Waals surface area (Å²) in [6, 6.07) is 0.198. The average molecular weight is 527 g/mol. The summed E-state index contributed by atoms with van der Waals surface area (Å²) < 4.78 is 0. The largest absolute Gasteiger partial charge is 0.390 e. The second-order valence-corrected chi connectivity index (χ2v) is 13.2. The van der Waals surface area contributed by atoms with Gasteiger partial charge in [0.05, 0.1) is 18.2 Å². The van der Waals surface area contributed by atoms with Gasteiger partial charge >= 0.3 is 0 Å². The molecule has 0 bridgehead atoms. The lowest BCUT2D eigenvalue weighted by molar-refractivity contribution is -0.147. The lowest BCUT2D eigenvalue weighted by Crippen LogP contribution is -2.55. The number of carbonyl (C=O) groups excluding carboxylic acids is 1. The standard InChI is InChI=1S/C34H58N2O2/c1-7-15-33(37)35-25-30-20-11-12-22-31(30)32(36(35)27(4)8-2)24-28-17-9-10-19-29(21-13-18-28)26(3)16-14-23-34(5,6)38/h8,24,26,29,32,38H,7,9-23,25H2,1-6H3/b27-8+,28-24+/t26?,29?,32-/m0/s1. The van der Waals surface area contributed by atoms with E-state index < -0.39 is 5.60 Å². The molecule has 38 heavy (non-hydrogen) atoms. The Balaban J connectivity index is 1.78. The van der Waals surface area contributed by atoms with Gasteiger partial charge in [-0.1, -0.05) is 57.3 Å². The number of hydrazine groups is 1. The summed E-state index contributed by atoms with van der Waals surface area (Å²) in [7, 11) is 0. The number of aliphatic hydroxyl groups is 1. The maximum absolute atomic E-state index is 13.3. The Labute approximate surface area is 234 Å². The molecular formula is C34H58N2O2. The molecule has 3 rings (SSSR count). The highest BCUT2D eigenvalue weighted by Gasteiger charge is 2.37. The molecule has 1 amide bonds. The second-order valence-electron chi connectivity index (χ2n) is 13.2. The van der Waals surface area contributed by atoms with Crippen molar-refractivity contribution in [3.8, 4) is 0 Å². The van der Waals surface area contributed by atoms with E-state index in [2.05, 4.69) is 49.9 Å². The summed E-state index contributed by atoms with van der Waals surface area (Å²) in [5, 5.41) is 14.5. The van der Waals surface area contributed by atoms with Crippen molar-refractivity contribution in [2.45, 2.75) is 156 Å². The van der Waals surface area contributed by atoms with E-state index in [4.69, 9.17) is 0 Å². The lowest BCUT2D eigenvalue weighted by Gasteiger charge is -2.48. The Morgan fingerprint density at radius 3 is 2.47 bits per heavy atom. The number of allylic oxidation sites excluding steroid dienone is 3. The van der Waals surface area contributed by atoms with Crippen LogP contribution in [0.4, 0.5) is 0 Å². The molecule has 3 atom stereocenters. The van der Waals surface area contributed by atoms with Crippen LogP contribution in [0, 0.1) is 11.8 Å². The number of hydrogen-bond donors (Lipinski definition) is 1.